The lowest BCUT2D eigenvalue weighted by Gasteiger charge is -2.42. The summed E-state index contributed by atoms with van der Waals surface area (Å²) < 4.78 is 1.76. The SMILES string of the molecule is CC(=NOCc1nc2c3c4c(sc3ncn2n1)C(C)(C)NC(C)(C)C4)c1ccc(C)cc1. The van der Waals surface area contributed by atoms with E-state index in [4.69, 9.17) is 9.82 Å². The quantitative estimate of drug-likeness (QED) is 0.360. The predicted molar refractivity (Wildman–Crippen MR) is 128 cm³/mol. The first-order valence-electron chi connectivity index (χ1n) is 10.8. The second kappa shape index (κ2) is 7.35. The Morgan fingerprint density at radius 2 is 1.97 bits per heavy atom. The lowest BCUT2D eigenvalue weighted by atomic mass is 9.82. The highest BCUT2D eigenvalue weighted by Crippen LogP contribution is 2.44. The lowest BCUT2D eigenvalue weighted by Crippen LogP contribution is -2.54. The van der Waals surface area contributed by atoms with Crippen LogP contribution in [0.5, 0.6) is 0 Å². The van der Waals surface area contributed by atoms with Gasteiger partial charge in [0.25, 0.3) is 0 Å². The molecule has 0 aliphatic carbocycles. The highest BCUT2D eigenvalue weighted by atomic mass is 32.1. The maximum Gasteiger partial charge on any atom is 0.192 e. The van der Waals surface area contributed by atoms with Crippen molar-refractivity contribution in [2.75, 3.05) is 0 Å². The van der Waals surface area contributed by atoms with Crippen LogP contribution in [0, 0.1) is 6.92 Å². The van der Waals surface area contributed by atoms with E-state index in [1.807, 2.05) is 19.1 Å². The third kappa shape index (κ3) is 3.67. The largest absolute Gasteiger partial charge is 0.387 e. The summed E-state index contributed by atoms with van der Waals surface area (Å²) in [6, 6.07) is 8.22. The first-order valence-corrected chi connectivity index (χ1v) is 11.6. The molecule has 5 rings (SSSR count). The van der Waals surface area contributed by atoms with Crippen LogP contribution in [0.3, 0.4) is 0 Å². The van der Waals surface area contributed by atoms with E-state index in [1.165, 1.54) is 16.0 Å². The van der Waals surface area contributed by atoms with Gasteiger partial charge in [-0.1, -0.05) is 35.0 Å². The molecular weight excluding hydrogens is 420 g/mol. The van der Waals surface area contributed by atoms with Gasteiger partial charge in [-0.15, -0.1) is 16.4 Å². The Kier molecular flexibility index (Phi) is 4.83. The smallest absolute Gasteiger partial charge is 0.192 e. The number of oxime groups is 1. The molecule has 0 atom stereocenters. The highest BCUT2D eigenvalue weighted by molar-refractivity contribution is 7.19. The van der Waals surface area contributed by atoms with Gasteiger partial charge in [0.1, 0.15) is 11.2 Å². The molecule has 0 saturated carbocycles. The molecule has 0 spiro atoms. The van der Waals surface area contributed by atoms with Crippen LogP contribution in [-0.4, -0.2) is 30.8 Å². The molecule has 1 aromatic carbocycles. The van der Waals surface area contributed by atoms with E-state index in [1.54, 1.807) is 22.2 Å². The number of aromatic nitrogens is 4. The molecule has 7 nitrogen and oxygen atoms in total. The van der Waals surface area contributed by atoms with Crippen LogP contribution >= 0.6 is 11.3 Å². The van der Waals surface area contributed by atoms with Gasteiger partial charge in [0, 0.05) is 16.0 Å². The van der Waals surface area contributed by atoms with Gasteiger partial charge in [-0.25, -0.2) is 14.5 Å². The number of benzene rings is 1. The summed E-state index contributed by atoms with van der Waals surface area (Å²) in [5.74, 6) is 0.590. The van der Waals surface area contributed by atoms with Gasteiger partial charge in [0.05, 0.1) is 11.1 Å². The van der Waals surface area contributed by atoms with Crippen LogP contribution in [-0.2, 0) is 23.4 Å². The summed E-state index contributed by atoms with van der Waals surface area (Å²) in [4.78, 5) is 17.4. The highest BCUT2D eigenvalue weighted by Gasteiger charge is 2.39. The summed E-state index contributed by atoms with van der Waals surface area (Å²) in [5.41, 5.74) is 5.10. The molecule has 0 unspecified atom stereocenters. The number of rotatable bonds is 4. The second-order valence-electron chi connectivity index (χ2n) is 9.76. The molecule has 0 fully saturated rings. The molecule has 0 amide bonds. The monoisotopic (exact) mass is 448 g/mol. The van der Waals surface area contributed by atoms with Crippen molar-refractivity contribution in [1.29, 1.82) is 0 Å². The maximum atomic E-state index is 5.59. The number of hydrogen-bond donors (Lipinski definition) is 1. The van der Waals surface area contributed by atoms with Crippen molar-refractivity contribution in [2.24, 2.45) is 5.16 Å². The Balaban J connectivity index is 1.47. The molecule has 0 saturated heterocycles. The normalized spacial score (nSPS) is 17.6. The van der Waals surface area contributed by atoms with Gasteiger partial charge in [0.15, 0.2) is 18.1 Å². The van der Waals surface area contributed by atoms with Crippen LogP contribution in [0.25, 0.3) is 15.9 Å². The fraction of sp³-hybridized carbons (Fsp3) is 0.417. The number of nitrogens with one attached hydrogen (secondary N) is 1. The minimum atomic E-state index is -0.117. The Morgan fingerprint density at radius 1 is 1.22 bits per heavy atom. The second-order valence-corrected chi connectivity index (χ2v) is 10.8. The van der Waals surface area contributed by atoms with Gasteiger partial charge in [0.2, 0.25) is 0 Å². The summed E-state index contributed by atoms with van der Waals surface area (Å²) in [6.07, 6.45) is 2.66. The molecular formula is C24H28N6OS. The lowest BCUT2D eigenvalue weighted by molar-refractivity contribution is 0.125. The van der Waals surface area contributed by atoms with Gasteiger partial charge in [-0.05, 0) is 59.1 Å². The van der Waals surface area contributed by atoms with Crippen LogP contribution in [0.1, 0.15) is 62.0 Å². The molecule has 8 heteroatoms. The summed E-state index contributed by atoms with van der Waals surface area (Å²) in [6.45, 7) is 13.2. The average Bonchev–Trinajstić information content (AvgIpc) is 3.28. The Hall–Kier alpha value is -2.84. The fourth-order valence-corrected chi connectivity index (χ4v) is 5.87. The third-order valence-corrected chi connectivity index (χ3v) is 7.34. The topological polar surface area (TPSA) is 76.7 Å². The first-order chi connectivity index (χ1) is 15.1. The van der Waals surface area contributed by atoms with E-state index in [9.17, 15) is 0 Å². The standard InChI is InChI=1S/C24H28N6OS/c1-14-7-9-16(10-8-14)15(2)28-31-12-18-26-21-19-17-11-23(3,4)29-24(5,6)20(17)32-22(19)25-13-30(21)27-18/h7-10,13,29H,11-12H2,1-6H3. The number of nitrogens with zero attached hydrogens (tertiary/aromatic N) is 5. The van der Waals surface area contributed by atoms with E-state index >= 15 is 0 Å². The molecule has 32 heavy (non-hydrogen) atoms. The fourth-order valence-electron chi connectivity index (χ4n) is 4.66. The molecule has 0 bridgehead atoms. The number of thiophene rings is 1. The van der Waals surface area contributed by atoms with Crippen molar-refractivity contribution in [3.8, 4) is 0 Å². The summed E-state index contributed by atoms with van der Waals surface area (Å²) in [7, 11) is 0. The molecule has 4 heterocycles. The van der Waals surface area contributed by atoms with Gasteiger partial charge >= 0.3 is 0 Å². The molecule has 4 aromatic rings. The zero-order chi connectivity index (χ0) is 22.7. The average molecular weight is 449 g/mol. The van der Waals surface area contributed by atoms with Crippen LogP contribution in [0.2, 0.25) is 0 Å². The van der Waals surface area contributed by atoms with Crippen molar-refractivity contribution in [3.63, 3.8) is 0 Å². The Labute approximate surface area is 191 Å². The molecule has 3 aromatic heterocycles. The van der Waals surface area contributed by atoms with E-state index in [0.29, 0.717) is 5.82 Å². The van der Waals surface area contributed by atoms with Gasteiger partial charge < -0.3 is 10.2 Å². The Morgan fingerprint density at radius 3 is 2.72 bits per heavy atom. The van der Waals surface area contributed by atoms with Crippen molar-refractivity contribution in [3.05, 3.63) is 58.0 Å². The molecule has 0 radical (unpaired) electrons. The maximum absolute atomic E-state index is 5.59. The predicted octanol–water partition coefficient (Wildman–Crippen LogP) is 4.75. The van der Waals surface area contributed by atoms with Crippen molar-refractivity contribution in [2.45, 2.75) is 65.6 Å². The molecule has 1 aliphatic heterocycles. The third-order valence-electron chi connectivity index (χ3n) is 5.87. The van der Waals surface area contributed by atoms with E-state index in [2.05, 4.69) is 67.3 Å². The molecule has 166 valence electrons. The summed E-state index contributed by atoms with van der Waals surface area (Å²) >= 11 is 1.74. The van der Waals surface area contributed by atoms with Gasteiger partial charge in [-0.2, -0.15) is 0 Å². The van der Waals surface area contributed by atoms with E-state index in [0.717, 1.165) is 33.6 Å². The molecule has 1 N–H and O–H groups in total. The number of aryl methyl sites for hydroxylation is 1. The number of fused-ring (bicyclic) bond motifs is 5. The van der Waals surface area contributed by atoms with Crippen molar-refractivity contribution in [1.82, 2.24) is 24.9 Å². The Bertz CT molecular complexity index is 1350. The summed E-state index contributed by atoms with van der Waals surface area (Å²) in [5, 5.41) is 13.7. The van der Waals surface area contributed by atoms with Crippen LogP contribution in [0.4, 0.5) is 0 Å². The van der Waals surface area contributed by atoms with Gasteiger partial charge in [-0.3, -0.25) is 0 Å². The first kappa shape index (κ1) is 21.0. The minimum absolute atomic E-state index is 0.00842. The zero-order valence-electron chi connectivity index (χ0n) is 19.4. The zero-order valence-corrected chi connectivity index (χ0v) is 20.2. The molecule has 1 aliphatic rings. The van der Waals surface area contributed by atoms with Crippen LogP contribution < -0.4 is 5.32 Å². The minimum Gasteiger partial charge on any atom is -0.387 e. The van der Waals surface area contributed by atoms with E-state index < -0.39 is 0 Å². The van der Waals surface area contributed by atoms with Crippen LogP contribution in [0.15, 0.2) is 35.7 Å². The van der Waals surface area contributed by atoms with E-state index in [-0.39, 0.29) is 17.7 Å². The van der Waals surface area contributed by atoms with Crippen molar-refractivity contribution < 1.29 is 4.84 Å². The number of hydrogen-bond acceptors (Lipinski definition) is 7. The van der Waals surface area contributed by atoms with Crippen molar-refractivity contribution >= 4 is 32.9 Å².